The minimum atomic E-state index is 0.290. The highest BCUT2D eigenvalue weighted by Gasteiger charge is 2.24. The number of rotatable bonds is 2. The zero-order valence-corrected chi connectivity index (χ0v) is 12.4. The van der Waals surface area contributed by atoms with Gasteiger partial charge >= 0.3 is 0 Å². The molecule has 100 valence electrons. The number of anilines is 2. The van der Waals surface area contributed by atoms with Crippen molar-refractivity contribution in [2.45, 2.75) is 46.6 Å². The molecular formula is C16H26N2. The second-order valence-corrected chi connectivity index (χ2v) is 6.52. The molecule has 0 aromatic heterocycles. The van der Waals surface area contributed by atoms with Crippen molar-refractivity contribution in [1.82, 2.24) is 0 Å². The Morgan fingerprint density at radius 1 is 1.28 bits per heavy atom. The molecule has 1 heterocycles. The molecule has 0 saturated heterocycles. The summed E-state index contributed by atoms with van der Waals surface area (Å²) in [4.78, 5) is 2.39. The van der Waals surface area contributed by atoms with Crippen molar-refractivity contribution in [2.75, 3.05) is 23.8 Å². The Balaban J connectivity index is 2.23. The zero-order valence-electron chi connectivity index (χ0n) is 12.4. The summed E-state index contributed by atoms with van der Waals surface area (Å²) in [5.41, 5.74) is 4.39. The first-order chi connectivity index (χ1) is 8.39. The average Bonchev–Trinajstić information content (AvgIpc) is 2.35. The highest BCUT2D eigenvalue weighted by Crippen LogP contribution is 2.31. The van der Waals surface area contributed by atoms with E-state index in [1.54, 1.807) is 0 Å². The van der Waals surface area contributed by atoms with E-state index in [-0.39, 0.29) is 5.41 Å². The summed E-state index contributed by atoms with van der Waals surface area (Å²) in [7, 11) is 2.19. The van der Waals surface area contributed by atoms with E-state index in [1.165, 1.54) is 29.8 Å². The normalized spacial score (nSPS) is 16.7. The van der Waals surface area contributed by atoms with Crippen molar-refractivity contribution in [3.05, 3.63) is 23.8 Å². The third kappa shape index (κ3) is 2.63. The molecule has 1 aliphatic rings. The lowest BCUT2D eigenvalue weighted by atomic mass is 9.87. The molecule has 1 aromatic carbocycles. The van der Waals surface area contributed by atoms with Gasteiger partial charge in [-0.15, -0.1) is 0 Å². The first kappa shape index (κ1) is 13.3. The molecule has 1 aromatic rings. The van der Waals surface area contributed by atoms with Gasteiger partial charge in [0.05, 0.1) is 0 Å². The molecule has 2 nitrogen and oxygen atoms in total. The van der Waals surface area contributed by atoms with Crippen LogP contribution in [0.1, 0.15) is 39.7 Å². The topological polar surface area (TPSA) is 15.3 Å². The fourth-order valence-electron chi connectivity index (χ4n) is 2.47. The summed E-state index contributed by atoms with van der Waals surface area (Å²) in [5, 5.41) is 3.51. The van der Waals surface area contributed by atoms with Gasteiger partial charge in [-0.25, -0.2) is 0 Å². The summed E-state index contributed by atoms with van der Waals surface area (Å²) in [6, 6.07) is 7.35. The van der Waals surface area contributed by atoms with Crippen molar-refractivity contribution in [3.63, 3.8) is 0 Å². The molecule has 1 aliphatic heterocycles. The maximum atomic E-state index is 3.51. The lowest BCUT2D eigenvalue weighted by molar-refractivity contribution is 0.330. The van der Waals surface area contributed by atoms with Gasteiger partial charge in [0.1, 0.15) is 0 Å². The monoisotopic (exact) mass is 246 g/mol. The lowest BCUT2D eigenvalue weighted by Gasteiger charge is -2.37. The number of aryl methyl sites for hydroxylation is 1. The first-order valence-electron chi connectivity index (χ1n) is 6.99. The van der Waals surface area contributed by atoms with Gasteiger partial charge in [0.2, 0.25) is 0 Å². The summed E-state index contributed by atoms with van der Waals surface area (Å²) >= 11 is 0. The van der Waals surface area contributed by atoms with Crippen LogP contribution in [-0.2, 0) is 6.42 Å². The quantitative estimate of drug-likeness (QED) is 0.851. The van der Waals surface area contributed by atoms with Crippen LogP contribution in [-0.4, -0.2) is 19.6 Å². The van der Waals surface area contributed by atoms with Crippen LogP contribution in [0.2, 0.25) is 0 Å². The summed E-state index contributed by atoms with van der Waals surface area (Å²) < 4.78 is 0. The van der Waals surface area contributed by atoms with Gasteiger partial charge in [-0.05, 0) is 42.9 Å². The smallest absolute Gasteiger partial charge is 0.0393 e. The van der Waals surface area contributed by atoms with E-state index in [1.807, 2.05) is 0 Å². The summed E-state index contributed by atoms with van der Waals surface area (Å²) in [6.45, 7) is 10.3. The average molecular weight is 246 g/mol. The zero-order chi connectivity index (χ0) is 13.3. The summed E-state index contributed by atoms with van der Waals surface area (Å²) in [5.74, 6) is 0. The fraction of sp³-hybridized carbons (Fsp3) is 0.625. The van der Waals surface area contributed by atoms with Crippen LogP contribution in [0, 0.1) is 5.41 Å². The maximum Gasteiger partial charge on any atom is 0.0393 e. The van der Waals surface area contributed by atoms with E-state index in [0.717, 1.165) is 6.54 Å². The van der Waals surface area contributed by atoms with Crippen molar-refractivity contribution in [3.8, 4) is 0 Å². The van der Waals surface area contributed by atoms with Crippen molar-refractivity contribution in [1.29, 1.82) is 0 Å². The molecule has 0 radical (unpaired) electrons. The van der Waals surface area contributed by atoms with Gasteiger partial charge < -0.3 is 10.2 Å². The van der Waals surface area contributed by atoms with Gasteiger partial charge in [0, 0.05) is 31.0 Å². The standard InChI is InChI=1S/C16H26N2/c1-12(16(2,3)4)18(5)14-9-8-13-7-6-10-17-15(13)11-14/h8-9,11-12,17H,6-7,10H2,1-5H3. The number of benzene rings is 1. The predicted molar refractivity (Wildman–Crippen MR) is 80.6 cm³/mol. The minimum Gasteiger partial charge on any atom is -0.385 e. The Morgan fingerprint density at radius 2 is 2.00 bits per heavy atom. The van der Waals surface area contributed by atoms with Crippen molar-refractivity contribution in [2.24, 2.45) is 5.41 Å². The Kier molecular flexibility index (Phi) is 3.56. The van der Waals surface area contributed by atoms with E-state index >= 15 is 0 Å². The Bertz CT molecular complexity index is 418. The minimum absolute atomic E-state index is 0.290. The molecule has 1 unspecified atom stereocenters. The van der Waals surface area contributed by atoms with Gasteiger partial charge in [-0.3, -0.25) is 0 Å². The third-order valence-corrected chi connectivity index (χ3v) is 4.27. The van der Waals surface area contributed by atoms with Gasteiger partial charge in [0.15, 0.2) is 0 Å². The number of nitrogens with zero attached hydrogens (tertiary/aromatic N) is 1. The second-order valence-electron chi connectivity index (χ2n) is 6.52. The number of hydrogen-bond acceptors (Lipinski definition) is 2. The Labute approximate surface area is 111 Å². The van der Waals surface area contributed by atoms with Crippen LogP contribution in [0.3, 0.4) is 0 Å². The van der Waals surface area contributed by atoms with Gasteiger partial charge in [0.25, 0.3) is 0 Å². The van der Waals surface area contributed by atoms with E-state index in [4.69, 9.17) is 0 Å². The Hall–Kier alpha value is -1.18. The number of hydrogen-bond donors (Lipinski definition) is 1. The highest BCUT2D eigenvalue weighted by atomic mass is 15.1. The van der Waals surface area contributed by atoms with Crippen molar-refractivity contribution >= 4 is 11.4 Å². The van der Waals surface area contributed by atoms with Crippen molar-refractivity contribution < 1.29 is 0 Å². The number of nitrogens with one attached hydrogen (secondary N) is 1. The molecule has 0 fully saturated rings. The van der Waals surface area contributed by atoms with Crippen LogP contribution in [0.5, 0.6) is 0 Å². The fourth-order valence-corrected chi connectivity index (χ4v) is 2.47. The maximum absolute atomic E-state index is 3.51. The predicted octanol–water partition coefficient (Wildman–Crippen LogP) is 3.92. The molecule has 2 heteroatoms. The van der Waals surface area contributed by atoms with E-state index in [9.17, 15) is 0 Å². The van der Waals surface area contributed by atoms with Crippen LogP contribution in [0.4, 0.5) is 11.4 Å². The molecule has 1 N–H and O–H groups in total. The number of fused-ring (bicyclic) bond motifs is 1. The molecule has 1 atom stereocenters. The Morgan fingerprint density at radius 3 is 2.67 bits per heavy atom. The van der Waals surface area contributed by atoms with E-state index in [0.29, 0.717) is 6.04 Å². The van der Waals surface area contributed by atoms with Crippen LogP contribution >= 0.6 is 0 Å². The molecule has 0 amide bonds. The van der Waals surface area contributed by atoms with Crippen LogP contribution < -0.4 is 10.2 Å². The lowest BCUT2D eigenvalue weighted by Crippen LogP contribution is -2.39. The first-order valence-corrected chi connectivity index (χ1v) is 6.99. The van der Waals surface area contributed by atoms with Crippen LogP contribution in [0.25, 0.3) is 0 Å². The molecular weight excluding hydrogens is 220 g/mol. The molecule has 0 aliphatic carbocycles. The van der Waals surface area contributed by atoms with E-state index < -0.39 is 0 Å². The van der Waals surface area contributed by atoms with Gasteiger partial charge in [-0.2, -0.15) is 0 Å². The second kappa shape index (κ2) is 4.83. The molecule has 0 spiro atoms. The largest absolute Gasteiger partial charge is 0.385 e. The SMILES string of the molecule is CC(N(C)c1ccc2c(c1)NCCC2)C(C)(C)C. The van der Waals surface area contributed by atoms with E-state index in [2.05, 4.69) is 63.2 Å². The van der Waals surface area contributed by atoms with Crippen LogP contribution in [0.15, 0.2) is 18.2 Å². The molecule has 18 heavy (non-hydrogen) atoms. The third-order valence-electron chi connectivity index (χ3n) is 4.27. The molecule has 0 saturated carbocycles. The summed E-state index contributed by atoms with van der Waals surface area (Å²) in [6.07, 6.45) is 2.46. The molecule has 2 rings (SSSR count). The highest BCUT2D eigenvalue weighted by molar-refractivity contribution is 5.63. The molecule has 0 bridgehead atoms. The van der Waals surface area contributed by atoms with Gasteiger partial charge in [-0.1, -0.05) is 26.8 Å².